The van der Waals surface area contributed by atoms with Gasteiger partial charge in [0.2, 0.25) is 0 Å². The van der Waals surface area contributed by atoms with E-state index in [0.29, 0.717) is 17.9 Å². The standard InChI is InChI=1S/C21H30N4O.C11H11N.C2H2.CH2O/c1-15(11-23-9-5-6-19(22-3)16(23)2)24-12-17-10-18(14-24)20-7-4-8-21(26)25(20)13-17;1-8-3-6-11-10(7-8)5-4-9(2)12-11;2*1-2/h4,7-8,17-19,22H,1-2,5-6,9-14H2,3H3;3-7H,1-2H3;1-2H;1H2/t17?,18?,19-;;;/m0.../s1. The Morgan fingerprint density at radius 3 is 2.57 bits per heavy atom. The number of nitrogens with zero attached hydrogens (tertiary/aromatic N) is 4. The monoisotopic (exact) mass is 567 g/mol. The Balaban J connectivity index is 0.000000253. The predicted octanol–water partition coefficient (Wildman–Crippen LogP) is 4.89. The number of benzene rings is 1. The molecule has 3 aliphatic rings. The van der Waals surface area contributed by atoms with E-state index in [1.165, 1.54) is 40.9 Å². The van der Waals surface area contributed by atoms with Crippen LogP contribution in [0.3, 0.4) is 0 Å². The first-order valence-corrected chi connectivity index (χ1v) is 14.5. The van der Waals surface area contributed by atoms with Crippen molar-refractivity contribution in [1.82, 2.24) is 24.7 Å². The number of terminal acetylenes is 1. The molecular formula is C35H45N5O2. The number of nitrogens with one attached hydrogen (secondary N) is 1. The van der Waals surface area contributed by atoms with Gasteiger partial charge in [-0.15, -0.1) is 12.8 Å². The number of hydrogen-bond acceptors (Lipinski definition) is 6. The van der Waals surface area contributed by atoms with Gasteiger partial charge in [-0.3, -0.25) is 9.78 Å². The zero-order chi connectivity index (χ0) is 30.8. The van der Waals surface area contributed by atoms with Crippen LogP contribution < -0.4 is 10.9 Å². The molecule has 1 aromatic carbocycles. The Hall–Kier alpha value is -4.15. The van der Waals surface area contributed by atoms with Crippen LogP contribution in [0.4, 0.5) is 0 Å². The first-order valence-electron chi connectivity index (χ1n) is 14.5. The van der Waals surface area contributed by atoms with Crippen LogP contribution in [0.25, 0.3) is 10.9 Å². The van der Waals surface area contributed by atoms with Crippen LogP contribution in [0.15, 0.2) is 77.9 Å². The van der Waals surface area contributed by atoms with Gasteiger partial charge < -0.3 is 24.5 Å². The number of carbonyl (C=O) groups excluding carboxylic acids is 1. The third-order valence-corrected chi connectivity index (χ3v) is 8.36. The molecule has 2 bridgehead atoms. The highest BCUT2D eigenvalue weighted by Gasteiger charge is 2.35. The van der Waals surface area contributed by atoms with Crippen molar-refractivity contribution in [3.63, 3.8) is 0 Å². The molecule has 0 aliphatic carbocycles. The van der Waals surface area contributed by atoms with E-state index in [4.69, 9.17) is 4.79 Å². The second kappa shape index (κ2) is 15.2. The number of carbonyl (C=O) groups is 1. The topological polar surface area (TPSA) is 70.5 Å². The molecule has 6 rings (SSSR count). The lowest BCUT2D eigenvalue weighted by atomic mass is 9.83. The average molecular weight is 568 g/mol. The van der Waals surface area contributed by atoms with Crippen molar-refractivity contribution in [2.45, 2.75) is 51.6 Å². The minimum atomic E-state index is 0.146. The van der Waals surface area contributed by atoms with Crippen molar-refractivity contribution < 1.29 is 4.79 Å². The summed E-state index contributed by atoms with van der Waals surface area (Å²) < 4.78 is 1.99. The molecular weight excluding hydrogens is 522 g/mol. The third kappa shape index (κ3) is 7.57. The van der Waals surface area contributed by atoms with Gasteiger partial charge >= 0.3 is 0 Å². The molecule has 7 heteroatoms. The van der Waals surface area contributed by atoms with Gasteiger partial charge in [-0.05, 0) is 70.3 Å². The maximum atomic E-state index is 12.2. The minimum absolute atomic E-state index is 0.146. The Morgan fingerprint density at radius 2 is 1.83 bits per heavy atom. The van der Waals surface area contributed by atoms with Gasteiger partial charge in [-0.25, -0.2) is 0 Å². The number of piperidine rings is 2. The van der Waals surface area contributed by atoms with Gasteiger partial charge in [0.1, 0.15) is 6.79 Å². The summed E-state index contributed by atoms with van der Waals surface area (Å²) in [6, 6.07) is 16.6. The number of rotatable bonds is 4. The first kappa shape index (κ1) is 32.4. The van der Waals surface area contributed by atoms with E-state index < -0.39 is 0 Å². The fourth-order valence-corrected chi connectivity index (χ4v) is 6.33. The van der Waals surface area contributed by atoms with Crippen LogP contribution in [0.5, 0.6) is 0 Å². The molecule has 3 aromatic rings. The van der Waals surface area contributed by atoms with Crippen LogP contribution in [-0.4, -0.2) is 65.4 Å². The normalized spacial score (nSPS) is 20.5. The number of likely N-dealkylation sites (tertiary alicyclic amines) is 2. The summed E-state index contributed by atoms with van der Waals surface area (Å²) in [5.41, 5.74) is 7.16. The van der Waals surface area contributed by atoms with Crippen LogP contribution in [0.2, 0.25) is 0 Å². The average Bonchev–Trinajstić information content (AvgIpc) is 3.01. The maximum absolute atomic E-state index is 12.2. The first-order chi connectivity index (χ1) is 20.3. The highest BCUT2D eigenvalue weighted by Crippen LogP contribution is 2.36. The van der Waals surface area contributed by atoms with Crippen molar-refractivity contribution in [3.8, 4) is 12.8 Å². The van der Waals surface area contributed by atoms with E-state index in [1.54, 1.807) is 6.07 Å². The molecule has 0 spiro atoms. The second-order valence-electron chi connectivity index (χ2n) is 11.2. The highest BCUT2D eigenvalue weighted by molar-refractivity contribution is 5.79. The second-order valence-corrected chi connectivity index (χ2v) is 11.2. The SMILES string of the molecule is C#C.C=C(CN1CCC[C@H](NC)C1=C)N1CC2CC(C1)c1cccc(=O)n1C2.C=O.Cc1ccc2nc(C)ccc2c1. The zero-order valence-corrected chi connectivity index (χ0v) is 25.4. The summed E-state index contributed by atoms with van der Waals surface area (Å²) >= 11 is 0. The number of pyridine rings is 2. The molecule has 3 aliphatic heterocycles. The molecule has 2 aromatic heterocycles. The summed E-state index contributed by atoms with van der Waals surface area (Å²) in [4.78, 5) is 29.4. The molecule has 1 N–H and O–H groups in total. The molecule has 222 valence electrons. The lowest BCUT2D eigenvalue weighted by Gasteiger charge is -2.46. The summed E-state index contributed by atoms with van der Waals surface area (Å²) in [5.74, 6) is 0.968. The van der Waals surface area contributed by atoms with Crippen LogP contribution in [0, 0.1) is 32.6 Å². The van der Waals surface area contributed by atoms with Gasteiger partial charge in [0.05, 0.1) is 12.1 Å². The molecule has 42 heavy (non-hydrogen) atoms. The lowest BCUT2D eigenvalue weighted by molar-refractivity contribution is -0.0980. The summed E-state index contributed by atoms with van der Waals surface area (Å²) in [5, 5.41) is 4.59. The van der Waals surface area contributed by atoms with Crippen LogP contribution >= 0.6 is 0 Å². The van der Waals surface area contributed by atoms with E-state index >= 15 is 0 Å². The van der Waals surface area contributed by atoms with Crippen molar-refractivity contribution in [3.05, 3.63) is 100 Å². The number of fused-ring (bicyclic) bond motifs is 5. The number of aromatic nitrogens is 2. The van der Waals surface area contributed by atoms with Crippen LogP contribution in [-0.2, 0) is 11.3 Å². The summed E-state index contributed by atoms with van der Waals surface area (Å²) in [6.07, 6.45) is 11.5. The maximum Gasteiger partial charge on any atom is 0.250 e. The largest absolute Gasteiger partial charge is 0.373 e. The third-order valence-electron chi connectivity index (χ3n) is 8.36. The molecule has 0 amide bonds. The Labute approximate surface area is 250 Å². The molecule has 3 atom stereocenters. The number of aryl methyl sites for hydroxylation is 2. The Bertz CT molecular complexity index is 1420. The van der Waals surface area contributed by atoms with Gasteiger partial charge in [-0.2, -0.15) is 0 Å². The molecule has 0 saturated carbocycles. The molecule has 2 unspecified atom stereocenters. The fourth-order valence-electron chi connectivity index (χ4n) is 6.33. The molecule has 7 nitrogen and oxygen atoms in total. The van der Waals surface area contributed by atoms with E-state index in [9.17, 15) is 4.79 Å². The molecule has 2 saturated heterocycles. The quantitative estimate of drug-likeness (QED) is 0.453. The van der Waals surface area contributed by atoms with Crippen molar-refractivity contribution in [1.29, 1.82) is 0 Å². The van der Waals surface area contributed by atoms with E-state index in [-0.39, 0.29) is 5.56 Å². The van der Waals surface area contributed by atoms with Gasteiger partial charge in [-0.1, -0.05) is 36.9 Å². The van der Waals surface area contributed by atoms with Gasteiger partial charge in [0, 0.05) is 72.4 Å². The van der Waals surface area contributed by atoms with Gasteiger partial charge in [0.15, 0.2) is 0 Å². The molecule has 5 heterocycles. The Kier molecular flexibility index (Phi) is 11.7. The number of likely N-dealkylation sites (N-methyl/N-ethyl adjacent to an activating group) is 1. The fraction of sp³-hybridized carbons (Fsp3) is 0.400. The van der Waals surface area contributed by atoms with Crippen molar-refractivity contribution in [2.75, 3.05) is 33.2 Å². The summed E-state index contributed by atoms with van der Waals surface area (Å²) in [7, 11) is 2.01. The highest BCUT2D eigenvalue weighted by atomic mass is 16.1. The Morgan fingerprint density at radius 1 is 1.07 bits per heavy atom. The van der Waals surface area contributed by atoms with E-state index in [0.717, 1.165) is 50.4 Å². The minimum Gasteiger partial charge on any atom is -0.373 e. The van der Waals surface area contributed by atoms with E-state index in [2.05, 4.69) is 83.4 Å². The van der Waals surface area contributed by atoms with E-state index in [1.807, 2.05) is 37.5 Å². The molecule has 0 radical (unpaired) electrons. The van der Waals surface area contributed by atoms with Crippen LogP contribution in [0.1, 0.15) is 42.1 Å². The van der Waals surface area contributed by atoms with Crippen molar-refractivity contribution >= 4 is 17.7 Å². The van der Waals surface area contributed by atoms with Gasteiger partial charge in [0.25, 0.3) is 5.56 Å². The predicted molar refractivity (Wildman–Crippen MR) is 173 cm³/mol. The van der Waals surface area contributed by atoms with Crippen molar-refractivity contribution in [2.24, 2.45) is 5.92 Å². The lowest BCUT2D eigenvalue weighted by Crippen LogP contribution is -2.49. The number of hydrogen-bond donors (Lipinski definition) is 1. The molecule has 2 fully saturated rings. The summed E-state index contributed by atoms with van der Waals surface area (Å²) in [6.45, 7) is 19.6. The smallest absolute Gasteiger partial charge is 0.250 e. The zero-order valence-electron chi connectivity index (χ0n) is 25.4.